The number of nitrogens with zero attached hydrogens (tertiary/aromatic N) is 4. The lowest BCUT2D eigenvalue weighted by Gasteiger charge is -2.20. The molecule has 3 rings (SSSR count). The first-order valence-electron chi connectivity index (χ1n) is 9.90. The Morgan fingerprint density at radius 3 is 2.32 bits per heavy atom. The number of rotatable bonds is 7. The average Bonchev–Trinajstić information content (AvgIpc) is 3.25. The molecule has 0 fully saturated rings. The fourth-order valence-electron chi connectivity index (χ4n) is 3.54. The van der Waals surface area contributed by atoms with Crippen molar-refractivity contribution in [1.82, 2.24) is 18.7 Å². The van der Waals surface area contributed by atoms with Gasteiger partial charge in [0.1, 0.15) is 16.3 Å². The van der Waals surface area contributed by atoms with E-state index in [9.17, 15) is 13.2 Å². The van der Waals surface area contributed by atoms with Gasteiger partial charge in [-0.2, -0.15) is 9.40 Å². The number of benzene rings is 1. The number of halogens is 1. The molecule has 0 saturated heterocycles. The van der Waals surface area contributed by atoms with Crippen LogP contribution in [0.1, 0.15) is 35.6 Å². The highest BCUT2D eigenvalue weighted by molar-refractivity contribution is 7.89. The molecule has 0 spiro atoms. The monoisotopic (exact) mass is 463 g/mol. The van der Waals surface area contributed by atoms with Gasteiger partial charge in [0, 0.05) is 37.2 Å². The Bertz CT molecular complexity index is 1210. The normalized spacial score (nSPS) is 11.8. The number of anilines is 1. The van der Waals surface area contributed by atoms with E-state index in [1.165, 1.54) is 22.6 Å². The molecule has 0 saturated carbocycles. The lowest BCUT2D eigenvalue weighted by Crippen LogP contribution is -2.30. The van der Waals surface area contributed by atoms with Crippen LogP contribution in [0.15, 0.2) is 41.4 Å². The lowest BCUT2D eigenvalue weighted by molar-refractivity contribution is 0.102. The van der Waals surface area contributed by atoms with E-state index < -0.39 is 15.9 Å². The highest BCUT2D eigenvalue weighted by Crippen LogP contribution is 2.28. The molecule has 3 aromatic rings. The zero-order valence-corrected chi connectivity index (χ0v) is 19.8. The first kappa shape index (κ1) is 23.1. The Hall–Kier alpha value is -2.62. The molecule has 1 amide bonds. The molecule has 166 valence electrons. The minimum atomic E-state index is -3.78. The molecule has 10 heteroatoms. The maximum Gasteiger partial charge on any atom is 0.261 e. The van der Waals surface area contributed by atoms with E-state index in [-0.39, 0.29) is 9.92 Å². The summed E-state index contributed by atoms with van der Waals surface area (Å²) in [7, 11) is -2.01. The van der Waals surface area contributed by atoms with Crippen LogP contribution in [0.3, 0.4) is 0 Å². The molecular weight excluding hydrogens is 438 g/mol. The van der Waals surface area contributed by atoms with Crippen molar-refractivity contribution < 1.29 is 13.2 Å². The second-order valence-electron chi connectivity index (χ2n) is 7.15. The fraction of sp³-hybridized carbons (Fsp3) is 0.333. The van der Waals surface area contributed by atoms with Crippen molar-refractivity contribution in [2.75, 3.05) is 18.4 Å². The van der Waals surface area contributed by atoms with Crippen LogP contribution in [-0.4, -0.2) is 46.1 Å². The van der Waals surface area contributed by atoms with Gasteiger partial charge in [-0.25, -0.2) is 8.42 Å². The third kappa shape index (κ3) is 4.26. The molecule has 0 unspecified atom stereocenters. The molecule has 8 nitrogen and oxygen atoms in total. The van der Waals surface area contributed by atoms with E-state index in [0.29, 0.717) is 30.2 Å². The van der Waals surface area contributed by atoms with E-state index >= 15 is 0 Å². The van der Waals surface area contributed by atoms with E-state index in [1.807, 2.05) is 30.5 Å². The molecule has 2 heterocycles. The molecule has 31 heavy (non-hydrogen) atoms. The molecule has 1 aromatic carbocycles. The summed E-state index contributed by atoms with van der Waals surface area (Å²) in [5, 5.41) is 7.13. The predicted molar refractivity (Wildman–Crippen MR) is 122 cm³/mol. The number of nitrogens with one attached hydrogen (secondary N) is 1. The third-order valence-corrected chi connectivity index (χ3v) is 7.68. The fourth-order valence-corrected chi connectivity index (χ4v) is 5.50. The molecule has 1 N–H and O–H groups in total. The van der Waals surface area contributed by atoms with Crippen LogP contribution in [0.2, 0.25) is 5.02 Å². The number of sulfonamides is 1. The Morgan fingerprint density at radius 1 is 1.13 bits per heavy atom. The SMILES string of the molecule is CCN(CC)S(=O)(=O)c1cc(NC(=O)c2cnn(C)c2-n2c(C)ccc2C)ccc1Cl. The van der Waals surface area contributed by atoms with Gasteiger partial charge in [-0.1, -0.05) is 25.4 Å². The van der Waals surface area contributed by atoms with Gasteiger partial charge >= 0.3 is 0 Å². The van der Waals surface area contributed by atoms with Gasteiger partial charge in [0.15, 0.2) is 0 Å². The van der Waals surface area contributed by atoms with Crippen molar-refractivity contribution in [2.24, 2.45) is 7.05 Å². The Morgan fingerprint density at radius 2 is 1.74 bits per heavy atom. The summed E-state index contributed by atoms with van der Waals surface area (Å²) in [6.07, 6.45) is 1.49. The maximum absolute atomic E-state index is 13.1. The standard InChI is InChI=1S/C21H26ClN5O3S/c1-6-26(7-2)31(29,30)19-12-16(10-11-18(19)22)24-20(28)17-13-23-25(5)21(17)27-14(3)8-9-15(27)4/h8-13H,6-7H2,1-5H3,(H,24,28). The van der Waals surface area contributed by atoms with Gasteiger partial charge in [0.2, 0.25) is 10.0 Å². The minimum absolute atomic E-state index is 0.0424. The van der Waals surface area contributed by atoms with Crippen molar-refractivity contribution in [3.8, 4) is 5.82 Å². The molecule has 0 atom stereocenters. The molecule has 2 aromatic heterocycles. The van der Waals surface area contributed by atoms with Crippen molar-refractivity contribution in [3.05, 3.63) is 58.5 Å². The molecular formula is C21H26ClN5O3S. The summed E-state index contributed by atoms with van der Waals surface area (Å²) in [6, 6.07) is 8.36. The van der Waals surface area contributed by atoms with Crippen LogP contribution in [0.4, 0.5) is 5.69 Å². The van der Waals surface area contributed by atoms with Crippen LogP contribution in [0.5, 0.6) is 0 Å². The summed E-state index contributed by atoms with van der Waals surface area (Å²) in [5.41, 5.74) is 2.63. The summed E-state index contributed by atoms with van der Waals surface area (Å²) in [6.45, 7) is 8.06. The van der Waals surface area contributed by atoms with E-state index in [1.54, 1.807) is 31.6 Å². The topological polar surface area (TPSA) is 89.2 Å². The molecule has 0 aliphatic heterocycles. The average molecular weight is 464 g/mol. The van der Waals surface area contributed by atoms with Crippen molar-refractivity contribution in [1.29, 1.82) is 0 Å². The summed E-state index contributed by atoms with van der Waals surface area (Å²) in [5.74, 6) is 0.228. The first-order valence-corrected chi connectivity index (χ1v) is 11.7. The van der Waals surface area contributed by atoms with Crippen LogP contribution < -0.4 is 5.32 Å². The largest absolute Gasteiger partial charge is 0.322 e. The van der Waals surface area contributed by atoms with Gasteiger partial charge < -0.3 is 9.88 Å². The van der Waals surface area contributed by atoms with Gasteiger partial charge in [-0.15, -0.1) is 0 Å². The number of carbonyl (C=O) groups is 1. The molecule has 0 radical (unpaired) electrons. The molecule has 0 aliphatic rings. The first-order chi connectivity index (χ1) is 14.6. The number of aryl methyl sites for hydroxylation is 3. The zero-order chi connectivity index (χ0) is 22.9. The van der Waals surface area contributed by atoms with Gasteiger partial charge in [-0.3, -0.25) is 9.48 Å². The predicted octanol–water partition coefficient (Wildman–Crippen LogP) is 3.76. The lowest BCUT2D eigenvalue weighted by atomic mass is 10.2. The summed E-state index contributed by atoms with van der Waals surface area (Å²) < 4.78 is 30.7. The minimum Gasteiger partial charge on any atom is -0.322 e. The van der Waals surface area contributed by atoms with E-state index in [4.69, 9.17) is 11.6 Å². The molecule has 0 aliphatic carbocycles. The zero-order valence-electron chi connectivity index (χ0n) is 18.2. The van der Waals surface area contributed by atoms with Crippen LogP contribution in [-0.2, 0) is 17.1 Å². The number of aromatic nitrogens is 3. The van der Waals surface area contributed by atoms with Crippen LogP contribution in [0, 0.1) is 13.8 Å². The highest BCUT2D eigenvalue weighted by Gasteiger charge is 2.26. The Kier molecular flexibility index (Phi) is 6.59. The van der Waals surface area contributed by atoms with Gasteiger partial charge in [0.05, 0.1) is 11.2 Å². The van der Waals surface area contributed by atoms with Crippen LogP contribution >= 0.6 is 11.6 Å². The summed E-state index contributed by atoms with van der Waals surface area (Å²) in [4.78, 5) is 13.0. The number of hydrogen-bond acceptors (Lipinski definition) is 4. The van der Waals surface area contributed by atoms with E-state index in [2.05, 4.69) is 10.4 Å². The van der Waals surface area contributed by atoms with Gasteiger partial charge in [-0.05, 0) is 44.2 Å². The Balaban J connectivity index is 1.98. The maximum atomic E-state index is 13.1. The van der Waals surface area contributed by atoms with Crippen LogP contribution in [0.25, 0.3) is 5.82 Å². The summed E-state index contributed by atoms with van der Waals surface area (Å²) >= 11 is 6.19. The number of carbonyl (C=O) groups excluding carboxylic acids is 1. The molecule has 0 bridgehead atoms. The second kappa shape index (κ2) is 8.86. The number of amides is 1. The smallest absolute Gasteiger partial charge is 0.261 e. The second-order valence-corrected chi connectivity index (χ2v) is 9.46. The highest BCUT2D eigenvalue weighted by atomic mass is 35.5. The van der Waals surface area contributed by atoms with Crippen molar-refractivity contribution >= 4 is 33.2 Å². The Labute approximate surface area is 187 Å². The van der Waals surface area contributed by atoms with Gasteiger partial charge in [0.25, 0.3) is 5.91 Å². The van der Waals surface area contributed by atoms with Crippen molar-refractivity contribution in [2.45, 2.75) is 32.6 Å². The third-order valence-electron chi connectivity index (χ3n) is 5.15. The quantitative estimate of drug-likeness (QED) is 0.577. The number of hydrogen-bond donors (Lipinski definition) is 1. The van der Waals surface area contributed by atoms with Crippen molar-refractivity contribution in [3.63, 3.8) is 0 Å². The van der Waals surface area contributed by atoms with E-state index in [0.717, 1.165) is 11.4 Å².